The second kappa shape index (κ2) is 6.61. The molecule has 2 nitrogen and oxygen atoms in total. The molecule has 0 bridgehead atoms. The number of nitrogens with one attached hydrogen (secondary N) is 1. The van der Waals surface area contributed by atoms with E-state index < -0.39 is 0 Å². The molecule has 16 heavy (non-hydrogen) atoms. The summed E-state index contributed by atoms with van der Waals surface area (Å²) in [5, 5.41) is 3.60. The minimum Gasteiger partial charge on any atom is -0.380 e. The summed E-state index contributed by atoms with van der Waals surface area (Å²) >= 11 is 0. The fraction of sp³-hybridized carbons (Fsp3) is 1.00. The maximum absolute atomic E-state index is 5.34. The van der Waals surface area contributed by atoms with Crippen molar-refractivity contribution in [1.82, 2.24) is 5.32 Å². The predicted octanol–water partition coefficient (Wildman–Crippen LogP) is 3.22. The van der Waals surface area contributed by atoms with Crippen molar-refractivity contribution in [2.75, 3.05) is 19.8 Å². The molecule has 1 saturated carbocycles. The molecule has 0 radical (unpaired) electrons. The van der Waals surface area contributed by atoms with Crippen molar-refractivity contribution in [3.8, 4) is 0 Å². The Balaban J connectivity index is 2.12. The van der Waals surface area contributed by atoms with Gasteiger partial charge in [0, 0.05) is 19.2 Å². The van der Waals surface area contributed by atoms with Crippen LogP contribution in [0.1, 0.15) is 53.4 Å². The van der Waals surface area contributed by atoms with Crippen LogP contribution in [-0.2, 0) is 4.74 Å². The molecule has 0 unspecified atom stereocenters. The Kier molecular flexibility index (Phi) is 5.77. The van der Waals surface area contributed by atoms with Gasteiger partial charge in [0.1, 0.15) is 0 Å². The van der Waals surface area contributed by atoms with Gasteiger partial charge in [-0.3, -0.25) is 0 Å². The van der Waals surface area contributed by atoms with Crippen molar-refractivity contribution in [3.05, 3.63) is 0 Å². The number of rotatable bonds is 5. The van der Waals surface area contributed by atoms with Crippen molar-refractivity contribution < 1.29 is 4.74 Å². The van der Waals surface area contributed by atoms with E-state index in [1.807, 2.05) is 0 Å². The third-order valence-corrected chi connectivity index (χ3v) is 3.84. The molecule has 96 valence electrons. The molecule has 0 saturated heterocycles. The zero-order chi connectivity index (χ0) is 12.0. The molecule has 0 spiro atoms. The summed E-state index contributed by atoms with van der Waals surface area (Å²) in [5.41, 5.74) is 0.496. The lowest BCUT2D eigenvalue weighted by molar-refractivity contribution is 0.133. The summed E-state index contributed by atoms with van der Waals surface area (Å²) < 4.78 is 5.34. The fourth-order valence-corrected chi connectivity index (χ4v) is 2.64. The number of ether oxygens (including phenoxy) is 1. The van der Waals surface area contributed by atoms with Gasteiger partial charge < -0.3 is 10.1 Å². The summed E-state index contributed by atoms with van der Waals surface area (Å²) in [4.78, 5) is 0. The third kappa shape index (κ3) is 4.84. The van der Waals surface area contributed by atoms with E-state index in [-0.39, 0.29) is 0 Å². The van der Waals surface area contributed by atoms with E-state index in [1.165, 1.54) is 25.7 Å². The van der Waals surface area contributed by atoms with Gasteiger partial charge in [0.25, 0.3) is 0 Å². The molecule has 1 fully saturated rings. The van der Waals surface area contributed by atoms with Gasteiger partial charge in [-0.05, 0) is 43.9 Å². The highest BCUT2D eigenvalue weighted by atomic mass is 16.5. The van der Waals surface area contributed by atoms with Crippen molar-refractivity contribution in [3.63, 3.8) is 0 Å². The first-order chi connectivity index (χ1) is 7.54. The minimum atomic E-state index is 0.496. The summed E-state index contributed by atoms with van der Waals surface area (Å²) in [5.74, 6) is 0.914. The smallest absolute Gasteiger partial charge is 0.0590 e. The van der Waals surface area contributed by atoms with Crippen LogP contribution in [-0.4, -0.2) is 25.8 Å². The van der Waals surface area contributed by atoms with Crippen molar-refractivity contribution >= 4 is 0 Å². The Morgan fingerprint density at radius 1 is 1.12 bits per heavy atom. The molecule has 1 rings (SSSR count). The maximum Gasteiger partial charge on any atom is 0.0590 e. The summed E-state index contributed by atoms with van der Waals surface area (Å²) in [6.07, 6.45) is 5.45. The highest BCUT2D eigenvalue weighted by Crippen LogP contribution is 2.37. The van der Waals surface area contributed by atoms with E-state index in [0.717, 1.165) is 31.7 Å². The van der Waals surface area contributed by atoms with Gasteiger partial charge in [-0.15, -0.1) is 0 Å². The Morgan fingerprint density at radius 2 is 1.75 bits per heavy atom. The molecule has 0 aromatic carbocycles. The average molecular weight is 227 g/mol. The van der Waals surface area contributed by atoms with Crippen molar-refractivity contribution in [2.45, 2.75) is 59.4 Å². The monoisotopic (exact) mass is 227 g/mol. The number of hydrogen-bond acceptors (Lipinski definition) is 2. The lowest BCUT2D eigenvalue weighted by atomic mass is 9.71. The van der Waals surface area contributed by atoms with Gasteiger partial charge >= 0.3 is 0 Å². The first-order valence-electron chi connectivity index (χ1n) is 6.85. The van der Waals surface area contributed by atoms with E-state index in [4.69, 9.17) is 4.74 Å². The highest BCUT2D eigenvalue weighted by Gasteiger charge is 2.29. The minimum absolute atomic E-state index is 0.496. The van der Waals surface area contributed by atoms with Gasteiger partial charge in [-0.2, -0.15) is 0 Å². The first-order valence-corrected chi connectivity index (χ1v) is 6.85. The van der Waals surface area contributed by atoms with Gasteiger partial charge in [-0.25, -0.2) is 0 Å². The molecule has 0 amide bonds. The Hall–Kier alpha value is -0.0800. The molecule has 2 heteroatoms. The molecule has 0 aromatic heterocycles. The van der Waals surface area contributed by atoms with Crippen LogP contribution in [0.15, 0.2) is 0 Å². The SMILES string of the molecule is CCOCCNC1CCC(C(C)(C)C)CC1. The molecule has 1 aliphatic carbocycles. The van der Waals surface area contributed by atoms with Crippen LogP contribution in [0, 0.1) is 11.3 Å². The van der Waals surface area contributed by atoms with Crippen LogP contribution in [0.3, 0.4) is 0 Å². The van der Waals surface area contributed by atoms with Crippen LogP contribution in [0.25, 0.3) is 0 Å². The van der Waals surface area contributed by atoms with E-state index in [2.05, 4.69) is 33.0 Å². The predicted molar refractivity (Wildman–Crippen MR) is 69.7 cm³/mol. The Bertz CT molecular complexity index is 178. The summed E-state index contributed by atoms with van der Waals surface area (Å²) in [7, 11) is 0. The van der Waals surface area contributed by atoms with E-state index in [9.17, 15) is 0 Å². The van der Waals surface area contributed by atoms with E-state index in [0.29, 0.717) is 5.41 Å². The highest BCUT2D eigenvalue weighted by molar-refractivity contribution is 4.83. The summed E-state index contributed by atoms with van der Waals surface area (Å²) in [6, 6.07) is 0.735. The fourth-order valence-electron chi connectivity index (χ4n) is 2.64. The normalized spacial score (nSPS) is 27.0. The maximum atomic E-state index is 5.34. The average Bonchev–Trinajstić information content (AvgIpc) is 2.24. The van der Waals surface area contributed by atoms with E-state index in [1.54, 1.807) is 0 Å². The molecule has 0 atom stereocenters. The second-order valence-electron chi connectivity index (χ2n) is 6.07. The third-order valence-electron chi connectivity index (χ3n) is 3.84. The topological polar surface area (TPSA) is 21.3 Å². The van der Waals surface area contributed by atoms with Crippen LogP contribution in [0.2, 0.25) is 0 Å². The molecule has 1 N–H and O–H groups in total. The van der Waals surface area contributed by atoms with Gasteiger partial charge in [-0.1, -0.05) is 20.8 Å². The van der Waals surface area contributed by atoms with Crippen molar-refractivity contribution in [2.24, 2.45) is 11.3 Å². The van der Waals surface area contributed by atoms with Gasteiger partial charge in [0.2, 0.25) is 0 Å². The van der Waals surface area contributed by atoms with Gasteiger partial charge in [0.15, 0.2) is 0 Å². The number of hydrogen-bond donors (Lipinski definition) is 1. The second-order valence-corrected chi connectivity index (χ2v) is 6.07. The molecule has 0 aromatic rings. The zero-order valence-electron chi connectivity index (χ0n) is 11.5. The van der Waals surface area contributed by atoms with Crippen LogP contribution >= 0.6 is 0 Å². The van der Waals surface area contributed by atoms with Crippen LogP contribution in [0.5, 0.6) is 0 Å². The molecular formula is C14H29NO. The van der Waals surface area contributed by atoms with Crippen molar-refractivity contribution in [1.29, 1.82) is 0 Å². The quantitative estimate of drug-likeness (QED) is 0.728. The van der Waals surface area contributed by atoms with E-state index >= 15 is 0 Å². The first kappa shape index (κ1) is 14.0. The Morgan fingerprint density at radius 3 is 2.25 bits per heavy atom. The summed E-state index contributed by atoms with van der Waals surface area (Å²) in [6.45, 7) is 11.9. The lowest BCUT2D eigenvalue weighted by Gasteiger charge is -2.37. The van der Waals surface area contributed by atoms with Crippen LogP contribution < -0.4 is 5.32 Å². The molecular weight excluding hydrogens is 198 g/mol. The van der Waals surface area contributed by atoms with Gasteiger partial charge in [0.05, 0.1) is 6.61 Å². The molecule has 1 aliphatic rings. The zero-order valence-corrected chi connectivity index (χ0v) is 11.5. The largest absolute Gasteiger partial charge is 0.380 e. The molecule has 0 heterocycles. The van der Waals surface area contributed by atoms with Crippen LogP contribution in [0.4, 0.5) is 0 Å². The molecule has 0 aliphatic heterocycles. The Labute approximate surface area is 101 Å². The lowest BCUT2D eigenvalue weighted by Crippen LogP contribution is -2.37. The standard InChI is InChI=1S/C14H29NO/c1-5-16-11-10-15-13-8-6-12(7-9-13)14(2,3)4/h12-13,15H,5-11H2,1-4H3.